The number of para-hydroxylation sites is 1. The maximum atomic E-state index is 12.9. The van der Waals surface area contributed by atoms with Gasteiger partial charge in [-0.25, -0.2) is 4.79 Å². The first-order valence-corrected chi connectivity index (χ1v) is 8.26. The molecule has 24 heavy (non-hydrogen) atoms. The predicted octanol–water partition coefficient (Wildman–Crippen LogP) is 4.18. The second-order valence-electron chi connectivity index (χ2n) is 5.01. The lowest BCUT2D eigenvalue weighted by Crippen LogP contribution is -2.33. The molecule has 5 nitrogen and oxygen atoms in total. The Hall–Kier alpha value is -1.98. The molecule has 2 aromatic rings. The maximum Gasteiger partial charge on any atom is 0.340 e. The van der Waals surface area contributed by atoms with Crippen LogP contribution in [0.15, 0.2) is 30.3 Å². The maximum absolute atomic E-state index is 12.9. The van der Waals surface area contributed by atoms with Gasteiger partial charge in [-0.1, -0.05) is 35.3 Å². The summed E-state index contributed by atoms with van der Waals surface area (Å²) in [4.78, 5) is 26.6. The fraction of sp³-hybridized carbons (Fsp3) is 0.294. The van der Waals surface area contributed by atoms with Crippen LogP contribution in [0.4, 0.5) is 5.69 Å². The molecule has 0 unspecified atom stereocenters. The number of esters is 1. The number of ether oxygens (including phenoxy) is 1. The van der Waals surface area contributed by atoms with E-state index in [0.29, 0.717) is 28.5 Å². The van der Waals surface area contributed by atoms with Gasteiger partial charge in [-0.3, -0.25) is 4.79 Å². The highest BCUT2D eigenvalue weighted by Crippen LogP contribution is 2.28. The number of anilines is 1. The first kappa shape index (κ1) is 18.4. The van der Waals surface area contributed by atoms with Crippen molar-refractivity contribution in [2.45, 2.75) is 13.8 Å². The summed E-state index contributed by atoms with van der Waals surface area (Å²) in [5.41, 5.74) is 1.16. The minimum absolute atomic E-state index is 0.260. The Morgan fingerprint density at radius 3 is 2.42 bits per heavy atom. The summed E-state index contributed by atoms with van der Waals surface area (Å²) in [6, 6.07) is 8.35. The van der Waals surface area contributed by atoms with Crippen LogP contribution >= 0.6 is 23.2 Å². The summed E-state index contributed by atoms with van der Waals surface area (Å²) in [7, 11) is 1.66. The minimum atomic E-state index is -0.470. The standard InChI is InChI=1S/C17H18Cl2N2O3/c1-4-21(16(22)14-10-12(18)15(19)20(14)3)13-9-7-6-8-11(13)17(23)24-5-2/h6-10H,4-5H2,1-3H3. The molecule has 0 atom stereocenters. The van der Waals surface area contributed by atoms with Crippen molar-refractivity contribution in [3.8, 4) is 0 Å². The molecule has 128 valence electrons. The van der Waals surface area contributed by atoms with Gasteiger partial charge in [0.15, 0.2) is 0 Å². The first-order chi connectivity index (χ1) is 11.4. The zero-order valence-corrected chi connectivity index (χ0v) is 15.2. The molecule has 0 fully saturated rings. The Labute approximate surface area is 150 Å². The molecule has 0 saturated carbocycles. The molecule has 1 aromatic carbocycles. The van der Waals surface area contributed by atoms with Gasteiger partial charge in [0.05, 0.1) is 22.9 Å². The van der Waals surface area contributed by atoms with Crippen LogP contribution in [0.1, 0.15) is 34.7 Å². The number of nitrogens with zero attached hydrogens (tertiary/aromatic N) is 2. The van der Waals surface area contributed by atoms with Crippen molar-refractivity contribution < 1.29 is 14.3 Å². The first-order valence-electron chi connectivity index (χ1n) is 7.51. The average Bonchev–Trinajstić information content (AvgIpc) is 2.83. The molecule has 0 N–H and O–H groups in total. The highest BCUT2D eigenvalue weighted by Gasteiger charge is 2.25. The van der Waals surface area contributed by atoms with Crippen molar-refractivity contribution in [2.24, 2.45) is 7.05 Å². The van der Waals surface area contributed by atoms with E-state index in [2.05, 4.69) is 0 Å². The number of hydrogen-bond donors (Lipinski definition) is 0. The molecule has 1 heterocycles. The minimum Gasteiger partial charge on any atom is -0.462 e. The summed E-state index contributed by atoms with van der Waals surface area (Å²) in [6.45, 7) is 4.19. The van der Waals surface area contributed by atoms with Gasteiger partial charge in [-0.15, -0.1) is 0 Å². The van der Waals surface area contributed by atoms with Gasteiger partial charge >= 0.3 is 5.97 Å². The van der Waals surface area contributed by atoms with Gasteiger partial charge < -0.3 is 14.2 Å². The molecule has 7 heteroatoms. The van der Waals surface area contributed by atoms with Crippen LogP contribution in [-0.2, 0) is 11.8 Å². The fourth-order valence-electron chi connectivity index (χ4n) is 2.40. The molecule has 0 bridgehead atoms. The summed E-state index contributed by atoms with van der Waals surface area (Å²) in [5, 5.41) is 0.590. The Kier molecular flexibility index (Phi) is 5.91. The second-order valence-corrected chi connectivity index (χ2v) is 5.78. The summed E-state index contributed by atoms with van der Waals surface area (Å²) >= 11 is 12.0. The van der Waals surface area contributed by atoms with Crippen LogP contribution in [0.25, 0.3) is 0 Å². The normalized spacial score (nSPS) is 10.5. The van der Waals surface area contributed by atoms with E-state index in [1.54, 1.807) is 38.2 Å². The Bertz CT molecular complexity index is 771. The number of rotatable bonds is 5. The Morgan fingerprint density at radius 1 is 1.21 bits per heavy atom. The monoisotopic (exact) mass is 368 g/mol. The van der Waals surface area contributed by atoms with E-state index in [-0.39, 0.29) is 17.7 Å². The third-order valence-corrected chi connectivity index (χ3v) is 4.43. The van der Waals surface area contributed by atoms with E-state index in [1.807, 2.05) is 6.92 Å². The third-order valence-electron chi connectivity index (χ3n) is 3.59. The summed E-state index contributed by atoms with van der Waals surface area (Å²) in [6.07, 6.45) is 0. The lowest BCUT2D eigenvalue weighted by molar-refractivity contribution is 0.0527. The Balaban J connectivity index is 2.47. The van der Waals surface area contributed by atoms with Gasteiger partial charge in [0.25, 0.3) is 5.91 Å². The van der Waals surface area contributed by atoms with Crippen molar-refractivity contribution in [3.63, 3.8) is 0 Å². The fourth-order valence-corrected chi connectivity index (χ4v) is 2.78. The number of benzene rings is 1. The van der Waals surface area contributed by atoms with Gasteiger partial charge in [-0.2, -0.15) is 0 Å². The van der Waals surface area contributed by atoms with Gasteiger partial charge in [-0.05, 0) is 32.0 Å². The number of aromatic nitrogens is 1. The molecule has 0 saturated heterocycles. The van der Waals surface area contributed by atoms with Crippen LogP contribution in [0, 0.1) is 0 Å². The highest BCUT2D eigenvalue weighted by molar-refractivity contribution is 6.42. The van der Waals surface area contributed by atoms with Crippen LogP contribution in [0.2, 0.25) is 10.2 Å². The molecule has 1 aromatic heterocycles. The van der Waals surface area contributed by atoms with E-state index < -0.39 is 5.97 Å². The zero-order chi connectivity index (χ0) is 17.9. The molecule has 0 spiro atoms. The molecule has 0 aliphatic rings. The number of hydrogen-bond acceptors (Lipinski definition) is 3. The van der Waals surface area contributed by atoms with Crippen molar-refractivity contribution in [3.05, 3.63) is 51.8 Å². The van der Waals surface area contributed by atoms with Crippen LogP contribution < -0.4 is 4.90 Å². The smallest absolute Gasteiger partial charge is 0.340 e. The number of carbonyl (C=O) groups excluding carboxylic acids is 2. The Morgan fingerprint density at radius 2 is 1.88 bits per heavy atom. The van der Waals surface area contributed by atoms with E-state index in [1.165, 1.54) is 15.5 Å². The predicted molar refractivity (Wildman–Crippen MR) is 95.2 cm³/mol. The summed E-state index contributed by atoms with van der Waals surface area (Å²) in [5.74, 6) is -0.771. The van der Waals surface area contributed by atoms with E-state index in [0.717, 1.165) is 0 Å². The molecule has 0 aliphatic carbocycles. The van der Waals surface area contributed by atoms with Gasteiger partial charge in [0.2, 0.25) is 0 Å². The van der Waals surface area contributed by atoms with E-state index in [4.69, 9.17) is 27.9 Å². The lowest BCUT2D eigenvalue weighted by Gasteiger charge is -2.23. The molecular weight excluding hydrogens is 351 g/mol. The molecule has 2 rings (SSSR count). The number of halogens is 2. The van der Waals surface area contributed by atoms with Crippen molar-refractivity contribution in [2.75, 3.05) is 18.1 Å². The van der Waals surface area contributed by atoms with Crippen molar-refractivity contribution in [1.29, 1.82) is 0 Å². The van der Waals surface area contributed by atoms with Gasteiger partial charge in [0.1, 0.15) is 10.8 Å². The van der Waals surface area contributed by atoms with E-state index in [9.17, 15) is 9.59 Å². The summed E-state index contributed by atoms with van der Waals surface area (Å²) < 4.78 is 6.59. The van der Waals surface area contributed by atoms with Crippen molar-refractivity contribution in [1.82, 2.24) is 4.57 Å². The SMILES string of the molecule is CCOC(=O)c1ccccc1N(CC)C(=O)c1cc(Cl)c(Cl)n1C. The lowest BCUT2D eigenvalue weighted by atomic mass is 10.1. The average molecular weight is 369 g/mol. The zero-order valence-electron chi connectivity index (χ0n) is 13.7. The van der Waals surface area contributed by atoms with E-state index >= 15 is 0 Å². The van der Waals surface area contributed by atoms with Crippen LogP contribution in [-0.4, -0.2) is 29.6 Å². The molecule has 1 amide bonds. The largest absolute Gasteiger partial charge is 0.462 e. The molecule has 0 aliphatic heterocycles. The van der Waals surface area contributed by atoms with Crippen molar-refractivity contribution >= 4 is 40.8 Å². The number of amides is 1. The van der Waals surface area contributed by atoms with Gasteiger partial charge in [0, 0.05) is 13.6 Å². The second kappa shape index (κ2) is 7.73. The van der Waals surface area contributed by atoms with Crippen LogP contribution in [0.5, 0.6) is 0 Å². The van der Waals surface area contributed by atoms with Crippen LogP contribution in [0.3, 0.4) is 0 Å². The quantitative estimate of drug-likeness (QED) is 0.743. The topological polar surface area (TPSA) is 51.5 Å². The molecular formula is C17H18Cl2N2O3. The highest BCUT2D eigenvalue weighted by atomic mass is 35.5. The molecule has 0 radical (unpaired) electrons. The third kappa shape index (κ3) is 3.42. The number of carbonyl (C=O) groups is 2.